The molecular weight excluding hydrogens is 299 g/mol. The summed E-state index contributed by atoms with van der Waals surface area (Å²) in [7, 11) is 0. The number of carboxylic acid groups (broad SMARTS) is 1. The average Bonchev–Trinajstić information content (AvgIpc) is 2.69. The Morgan fingerprint density at radius 2 is 2.00 bits per heavy atom. The highest BCUT2D eigenvalue weighted by molar-refractivity contribution is 6.30. The number of aromatic nitrogens is 3. The molecule has 1 aromatic heterocycles. The topological polar surface area (TPSA) is 68.0 Å². The largest absolute Gasteiger partial charge is 0.476 e. The van der Waals surface area contributed by atoms with Crippen molar-refractivity contribution in [1.29, 1.82) is 0 Å². The number of carboxylic acids is 1. The quantitative estimate of drug-likeness (QED) is 0.926. The van der Waals surface area contributed by atoms with E-state index in [1.54, 1.807) is 0 Å². The molecule has 0 saturated heterocycles. The molecule has 1 N–H and O–H groups in total. The van der Waals surface area contributed by atoms with Crippen LogP contribution in [0.25, 0.3) is 5.69 Å². The normalized spacial score (nSPS) is 11.7. The van der Waals surface area contributed by atoms with E-state index in [0.29, 0.717) is 0 Å². The number of hydrogen-bond acceptors (Lipinski definition) is 3. The second-order valence-corrected chi connectivity index (χ2v) is 4.37. The predicted molar refractivity (Wildman–Crippen MR) is 63.1 cm³/mol. The minimum absolute atomic E-state index is 0.0117. The Kier molecular flexibility index (Phi) is 3.43. The molecule has 0 aliphatic heterocycles. The maximum Gasteiger partial charge on any atom is 0.416 e. The van der Waals surface area contributed by atoms with Crippen molar-refractivity contribution in [3.8, 4) is 5.69 Å². The third-order valence-corrected chi connectivity index (χ3v) is 2.77. The van der Waals surface area contributed by atoms with Crippen LogP contribution in [0.1, 0.15) is 21.7 Å². The van der Waals surface area contributed by atoms with Crippen LogP contribution in [0.5, 0.6) is 0 Å². The van der Waals surface area contributed by atoms with Gasteiger partial charge in [0.1, 0.15) is 0 Å². The Balaban J connectivity index is 2.59. The molecular formula is C11H7ClF3N3O2. The van der Waals surface area contributed by atoms with Crippen LogP contribution < -0.4 is 0 Å². The Morgan fingerprint density at radius 1 is 1.35 bits per heavy atom. The first-order valence-electron chi connectivity index (χ1n) is 5.24. The minimum atomic E-state index is -4.57. The van der Waals surface area contributed by atoms with Gasteiger partial charge >= 0.3 is 12.1 Å². The van der Waals surface area contributed by atoms with Gasteiger partial charge in [0.2, 0.25) is 0 Å². The van der Waals surface area contributed by atoms with Gasteiger partial charge in [-0.05, 0) is 25.1 Å². The van der Waals surface area contributed by atoms with Crippen LogP contribution in [0.4, 0.5) is 13.2 Å². The molecule has 0 spiro atoms. The number of benzene rings is 1. The van der Waals surface area contributed by atoms with E-state index in [-0.39, 0.29) is 22.1 Å². The Morgan fingerprint density at radius 3 is 2.50 bits per heavy atom. The molecule has 0 aliphatic rings. The van der Waals surface area contributed by atoms with E-state index < -0.39 is 17.7 Å². The SMILES string of the molecule is Cc1c(C(=O)O)nnn1-c1cc(Cl)cc(C(F)(F)F)c1. The van der Waals surface area contributed by atoms with Crippen molar-refractivity contribution in [2.24, 2.45) is 0 Å². The van der Waals surface area contributed by atoms with Crippen LogP contribution >= 0.6 is 11.6 Å². The summed E-state index contributed by atoms with van der Waals surface area (Å²) in [5.41, 5.74) is -1.19. The molecule has 0 radical (unpaired) electrons. The monoisotopic (exact) mass is 305 g/mol. The molecule has 20 heavy (non-hydrogen) atoms. The fourth-order valence-corrected chi connectivity index (χ4v) is 1.86. The minimum Gasteiger partial charge on any atom is -0.476 e. The summed E-state index contributed by atoms with van der Waals surface area (Å²) in [6, 6.07) is 2.83. The van der Waals surface area contributed by atoms with Crippen LogP contribution in [-0.2, 0) is 6.18 Å². The van der Waals surface area contributed by atoms with E-state index in [0.717, 1.165) is 16.8 Å². The van der Waals surface area contributed by atoms with Gasteiger partial charge in [0.05, 0.1) is 16.9 Å². The lowest BCUT2D eigenvalue weighted by Crippen LogP contribution is -2.08. The molecule has 0 saturated carbocycles. The zero-order chi connectivity index (χ0) is 15.1. The van der Waals surface area contributed by atoms with E-state index in [9.17, 15) is 18.0 Å². The van der Waals surface area contributed by atoms with Crippen LogP contribution in [0.2, 0.25) is 5.02 Å². The Labute approximate surface area is 115 Å². The summed E-state index contributed by atoms with van der Waals surface area (Å²) in [5.74, 6) is -1.31. The fourth-order valence-electron chi connectivity index (χ4n) is 1.63. The van der Waals surface area contributed by atoms with E-state index in [2.05, 4.69) is 10.3 Å². The first-order valence-corrected chi connectivity index (χ1v) is 5.61. The zero-order valence-corrected chi connectivity index (χ0v) is 10.7. The molecule has 0 aliphatic carbocycles. The van der Waals surface area contributed by atoms with Gasteiger partial charge in [-0.25, -0.2) is 9.48 Å². The summed E-state index contributed by atoms with van der Waals surface area (Å²) in [6.45, 7) is 1.39. The molecule has 1 heterocycles. The van der Waals surface area contributed by atoms with Crippen molar-refractivity contribution in [3.63, 3.8) is 0 Å². The van der Waals surface area contributed by atoms with Gasteiger partial charge in [0.25, 0.3) is 0 Å². The van der Waals surface area contributed by atoms with Crippen molar-refractivity contribution < 1.29 is 23.1 Å². The molecule has 9 heteroatoms. The number of halogens is 4. The van der Waals surface area contributed by atoms with Gasteiger partial charge in [0, 0.05) is 5.02 Å². The van der Waals surface area contributed by atoms with Crippen molar-refractivity contribution >= 4 is 17.6 Å². The second-order valence-electron chi connectivity index (χ2n) is 3.94. The Hall–Kier alpha value is -2.09. The third-order valence-electron chi connectivity index (χ3n) is 2.55. The van der Waals surface area contributed by atoms with E-state index in [1.165, 1.54) is 13.0 Å². The molecule has 1 aromatic carbocycles. The van der Waals surface area contributed by atoms with Gasteiger partial charge in [0.15, 0.2) is 5.69 Å². The molecule has 0 fully saturated rings. The van der Waals surface area contributed by atoms with Crippen LogP contribution in [0, 0.1) is 6.92 Å². The molecule has 5 nitrogen and oxygen atoms in total. The van der Waals surface area contributed by atoms with E-state index in [4.69, 9.17) is 16.7 Å². The number of aromatic carboxylic acids is 1. The van der Waals surface area contributed by atoms with E-state index >= 15 is 0 Å². The van der Waals surface area contributed by atoms with Gasteiger partial charge in [-0.2, -0.15) is 13.2 Å². The standard InChI is InChI=1S/C11H7ClF3N3O2/c1-5-9(10(19)20)16-17-18(5)8-3-6(11(13,14)15)2-7(12)4-8/h2-4H,1H3,(H,19,20). The van der Waals surface area contributed by atoms with Gasteiger partial charge in [-0.15, -0.1) is 5.10 Å². The highest BCUT2D eigenvalue weighted by atomic mass is 35.5. The first kappa shape index (κ1) is 14.3. The fraction of sp³-hybridized carbons (Fsp3) is 0.182. The maximum absolute atomic E-state index is 12.7. The van der Waals surface area contributed by atoms with Crippen molar-refractivity contribution in [2.75, 3.05) is 0 Å². The number of nitrogens with zero attached hydrogens (tertiary/aromatic N) is 3. The van der Waals surface area contributed by atoms with Crippen molar-refractivity contribution in [1.82, 2.24) is 15.0 Å². The molecule has 0 unspecified atom stereocenters. The van der Waals surface area contributed by atoms with Gasteiger partial charge < -0.3 is 5.11 Å². The first-order chi connectivity index (χ1) is 9.20. The molecule has 2 rings (SSSR count). The number of hydrogen-bond donors (Lipinski definition) is 1. The summed E-state index contributed by atoms with van der Waals surface area (Å²) in [6.07, 6.45) is -4.57. The van der Waals surface area contributed by atoms with Crippen LogP contribution in [-0.4, -0.2) is 26.1 Å². The predicted octanol–water partition coefficient (Wildman–Crippen LogP) is 2.95. The molecule has 2 aromatic rings. The summed E-state index contributed by atoms with van der Waals surface area (Å²) < 4.78 is 39.1. The zero-order valence-electron chi connectivity index (χ0n) is 9.94. The lowest BCUT2D eigenvalue weighted by atomic mass is 10.2. The van der Waals surface area contributed by atoms with Gasteiger partial charge in [-0.3, -0.25) is 0 Å². The second kappa shape index (κ2) is 4.78. The summed E-state index contributed by atoms with van der Waals surface area (Å²) in [4.78, 5) is 10.8. The highest BCUT2D eigenvalue weighted by Gasteiger charge is 2.31. The molecule has 0 bridgehead atoms. The van der Waals surface area contributed by atoms with Crippen molar-refractivity contribution in [3.05, 3.63) is 40.2 Å². The lowest BCUT2D eigenvalue weighted by molar-refractivity contribution is -0.137. The molecule has 0 atom stereocenters. The third kappa shape index (κ3) is 2.60. The van der Waals surface area contributed by atoms with Gasteiger partial charge in [-0.1, -0.05) is 16.8 Å². The maximum atomic E-state index is 12.7. The van der Waals surface area contributed by atoms with Crippen LogP contribution in [0.15, 0.2) is 18.2 Å². The van der Waals surface area contributed by atoms with Crippen molar-refractivity contribution in [2.45, 2.75) is 13.1 Å². The average molecular weight is 306 g/mol. The van der Waals surface area contributed by atoms with Crippen LogP contribution in [0.3, 0.4) is 0 Å². The number of rotatable bonds is 2. The lowest BCUT2D eigenvalue weighted by Gasteiger charge is -2.10. The smallest absolute Gasteiger partial charge is 0.416 e. The Bertz CT molecular complexity index is 682. The summed E-state index contributed by atoms with van der Waals surface area (Å²) >= 11 is 5.65. The summed E-state index contributed by atoms with van der Waals surface area (Å²) in [5, 5.41) is 15.6. The molecule has 106 valence electrons. The number of carbonyl (C=O) groups is 1. The molecule has 0 amide bonds. The van der Waals surface area contributed by atoms with E-state index in [1.807, 2.05) is 0 Å². The highest BCUT2D eigenvalue weighted by Crippen LogP contribution is 2.32. The number of alkyl halides is 3.